The Bertz CT molecular complexity index is 2440. The minimum Gasteiger partial charge on any atom is -0.310 e. The molecule has 2 aliphatic rings. The molecule has 0 saturated carbocycles. The lowest BCUT2D eigenvalue weighted by Crippen LogP contribution is -2.36. The molecule has 10 rings (SSSR count). The fourth-order valence-electron chi connectivity index (χ4n) is 8.43. The number of anilines is 3. The van der Waals surface area contributed by atoms with Gasteiger partial charge >= 0.3 is 0 Å². The van der Waals surface area contributed by atoms with Gasteiger partial charge in [0.05, 0.1) is 16.8 Å². The zero-order chi connectivity index (χ0) is 30.2. The Labute approximate surface area is 268 Å². The molecule has 0 saturated heterocycles. The van der Waals surface area contributed by atoms with Crippen molar-refractivity contribution in [2.45, 2.75) is 5.41 Å². The van der Waals surface area contributed by atoms with Gasteiger partial charge < -0.3 is 4.90 Å². The number of para-hydroxylation sites is 3. The molecule has 0 aromatic heterocycles. The Balaban J connectivity index is 1.34. The van der Waals surface area contributed by atoms with Gasteiger partial charge in [0.15, 0.2) is 0 Å². The maximum atomic E-state index is 2.45. The van der Waals surface area contributed by atoms with Crippen LogP contribution in [0.5, 0.6) is 0 Å². The first kappa shape index (κ1) is 25.4. The zero-order valence-electron chi connectivity index (χ0n) is 25.2. The second-order valence-corrected chi connectivity index (χ2v) is 12.5. The maximum absolute atomic E-state index is 2.45. The summed E-state index contributed by atoms with van der Waals surface area (Å²) in [6, 6.07) is 65.1. The molecule has 1 spiro atoms. The smallest absolute Gasteiger partial charge is 0.0760 e. The van der Waals surface area contributed by atoms with Gasteiger partial charge in [-0.25, -0.2) is 0 Å². The maximum Gasteiger partial charge on any atom is 0.0760 e. The summed E-state index contributed by atoms with van der Waals surface area (Å²) in [4.78, 5) is 2.45. The van der Waals surface area contributed by atoms with Gasteiger partial charge in [-0.3, -0.25) is 0 Å². The van der Waals surface area contributed by atoms with Crippen LogP contribution in [-0.2, 0) is 5.41 Å². The largest absolute Gasteiger partial charge is 0.310 e. The minimum atomic E-state index is -0.491. The highest BCUT2D eigenvalue weighted by atomic mass is 15.2. The van der Waals surface area contributed by atoms with Crippen molar-refractivity contribution < 1.29 is 0 Å². The van der Waals surface area contributed by atoms with E-state index in [2.05, 4.69) is 181 Å². The molecule has 0 N–H and O–H groups in total. The summed E-state index contributed by atoms with van der Waals surface area (Å²) >= 11 is 0. The lowest BCUT2D eigenvalue weighted by molar-refractivity contribution is 0.754. The van der Waals surface area contributed by atoms with Gasteiger partial charge in [0.1, 0.15) is 0 Å². The zero-order valence-corrected chi connectivity index (χ0v) is 25.2. The molecule has 1 aliphatic carbocycles. The van der Waals surface area contributed by atoms with E-state index in [0.717, 1.165) is 0 Å². The van der Waals surface area contributed by atoms with Gasteiger partial charge in [0.25, 0.3) is 0 Å². The lowest BCUT2D eigenvalue weighted by atomic mass is 9.63. The van der Waals surface area contributed by atoms with E-state index in [1.54, 1.807) is 0 Å². The van der Waals surface area contributed by atoms with Crippen molar-refractivity contribution in [3.05, 3.63) is 198 Å². The van der Waals surface area contributed by atoms with Crippen LogP contribution in [0.1, 0.15) is 22.3 Å². The summed E-state index contributed by atoms with van der Waals surface area (Å²) in [5.74, 6) is 0. The first-order chi connectivity index (χ1) is 22.8. The SMILES string of the molecule is c1ccc(N2c3ccccc3C3(c4ccccc4-c4cccc(-c5ccc6ccc7ccccc7c6c5)c43)c3ccccc32)cc1. The Hall–Kier alpha value is -5.92. The van der Waals surface area contributed by atoms with E-state index in [9.17, 15) is 0 Å². The van der Waals surface area contributed by atoms with Crippen molar-refractivity contribution in [3.8, 4) is 22.3 Å². The monoisotopic (exact) mass is 583 g/mol. The Morgan fingerprint density at radius 3 is 1.72 bits per heavy atom. The Morgan fingerprint density at radius 2 is 0.935 bits per heavy atom. The second kappa shape index (κ2) is 9.54. The molecular formula is C45H29N. The van der Waals surface area contributed by atoms with E-state index in [0.29, 0.717) is 0 Å². The predicted molar refractivity (Wildman–Crippen MR) is 192 cm³/mol. The topological polar surface area (TPSA) is 3.24 Å². The molecule has 1 aliphatic heterocycles. The molecule has 8 aromatic carbocycles. The average Bonchev–Trinajstić information content (AvgIpc) is 3.43. The number of benzene rings is 8. The van der Waals surface area contributed by atoms with Crippen LogP contribution in [0.4, 0.5) is 17.1 Å². The van der Waals surface area contributed by atoms with Gasteiger partial charge in [-0.05, 0) is 96.4 Å². The van der Waals surface area contributed by atoms with Crippen LogP contribution < -0.4 is 4.90 Å². The first-order valence-electron chi connectivity index (χ1n) is 16.0. The number of fused-ring (bicyclic) bond motifs is 12. The highest BCUT2D eigenvalue weighted by Gasteiger charge is 2.52. The van der Waals surface area contributed by atoms with Gasteiger partial charge in [-0.15, -0.1) is 0 Å². The fraction of sp³-hybridized carbons (Fsp3) is 0.0222. The molecule has 0 bridgehead atoms. The molecule has 1 heterocycles. The Kier molecular flexibility index (Phi) is 5.27. The molecular weight excluding hydrogens is 555 g/mol. The van der Waals surface area contributed by atoms with Crippen LogP contribution in [0.15, 0.2) is 176 Å². The van der Waals surface area contributed by atoms with Crippen molar-refractivity contribution in [3.63, 3.8) is 0 Å². The van der Waals surface area contributed by atoms with E-state index in [1.165, 1.54) is 83.1 Å². The molecule has 8 aromatic rings. The predicted octanol–water partition coefficient (Wildman–Crippen LogP) is 11.8. The summed E-state index contributed by atoms with van der Waals surface area (Å²) in [6.07, 6.45) is 0. The van der Waals surface area contributed by atoms with Crippen LogP contribution in [0, 0.1) is 0 Å². The van der Waals surface area contributed by atoms with Crippen molar-refractivity contribution in [1.82, 2.24) is 0 Å². The van der Waals surface area contributed by atoms with Crippen LogP contribution in [0.2, 0.25) is 0 Å². The molecule has 0 atom stereocenters. The molecule has 1 heteroatoms. The van der Waals surface area contributed by atoms with E-state index in [1.807, 2.05) is 0 Å². The third-order valence-corrected chi connectivity index (χ3v) is 10.2. The summed E-state index contributed by atoms with van der Waals surface area (Å²) in [7, 11) is 0. The van der Waals surface area contributed by atoms with Crippen molar-refractivity contribution in [2.75, 3.05) is 4.90 Å². The number of rotatable bonds is 2. The van der Waals surface area contributed by atoms with Gasteiger partial charge in [-0.1, -0.05) is 146 Å². The molecule has 0 amide bonds. The number of nitrogens with zero attached hydrogens (tertiary/aromatic N) is 1. The summed E-state index contributed by atoms with van der Waals surface area (Å²) in [6.45, 7) is 0. The van der Waals surface area contributed by atoms with Gasteiger partial charge in [0, 0.05) is 5.69 Å². The van der Waals surface area contributed by atoms with E-state index in [4.69, 9.17) is 0 Å². The average molecular weight is 584 g/mol. The third-order valence-electron chi connectivity index (χ3n) is 10.2. The number of hydrogen-bond donors (Lipinski definition) is 0. The van der Waals surface area contributed by atoms with Crippen LogP contribution in [-0.4, -0.2) is 0 Å². The van der Waals surface area contributed by atoms with Crippen molar-refractivity contribution in [1.29, 1.82) is 0 Å². The van der Waals surface area contributed by atoms with Gasteiger partial charge in [0.2, 0.25) is 0 Å². The molecule has 214 valence electrons. The quantitative estimate of drug-likeness (QED) is 0.183. The standard InChI is InChI=1S/C45H29N/c1-2-14-33(15-3-1)46-42-23-10-8-21-40(42)45(41-22-9-11-24-43(41)46)39-20-7-6-17-36(39)37-19-12-18-35(44(37)45)32-28-27-31-26-25-30-13-4-5-16-34(30)38(31)29-32/h1-29H. The van der Waals surface area contributed by atoms with Gasteiger partial charge in [-0.2, -0.15) is 0 Å². The molecule has 0 unspecified atom stereocenters. The van der Waals surface area contributed by atoms with Crippen molar-refractivity contribution in [2.24, 2.45) is 0 Å². The molecule has 0 radical (unpaired) electrons. The third kappa shape index (κ3) is 3.29. The molecule has 0 fully saturated rings. The highest BCUT2D eigenvalue weighted by molar-refractivity contribution is 6.09. The van der Waals surface area contributed by atoms with E-state index < -0.39 is 5.41 Å². The number of hydrogen-bond acceptors (Lipinski definition) is 1. The normalized spacial score (nSPS) is 13.8. The summed E-state index contributed by atoms with van der Waals surface area (Å²) < 4.78 is 0. The fourth-order valence-corrected chi connectivity index (χ4v) is 8.43. The van der Waals surface area contributed by atoms with Crippen LogP contribution >= 0.6 is 0 Å². The minimum absolute atomic E-state index is 0.491. The Morgan fingerprint density at radius 1 is 0.370 bits per heavy atom. The molecule has 46 heavy (non-hydrogen) atoms. The molecule has 1 nitrogen and oxygen atoms in total. The van der Waals surface area contributed by atoms with Crippen LogP contribution in [0.3, 0.4) is 0 Å². The van der Waals surface area contributed by atoms with E-state index >= 15 is 0 Å². The highest BCUT2D eigenvalue weighted by Crippen LogP contribution is 2.64. The summed E-state index contributed by atoms with van der Waals surface area (Å²) in [5, 5.41) is 5.11. The van der Waals surface area contributed by atoms with Crippen molar-refractivity contribution >= 4 is 38.6 Å². The van der Waals surface area contributed by atoms with Crippen LogP contribution in [0.25, 0.3) is 43.8 Å². The summed E-state index contributed by atoms with van der Waals surface area (Å²) in [5.41, 5.74) is 13.6. The second-order valence-electron chi connectivity index (χ2n) is 12.5. The van der Waals surface area contributed by atoms with E-state index in [-0.39, 0.29) is 0 Å². The lowest BCUT2D eigenvalue weighted by Gasteiger charge is -2.45. The first-order valence-corrected chi connectivity index (χ1v) is 16.0.